The van der Waals surface area contributed by atoms with Crippen molar-refractivity contribution in [2.24, 2.45) is 11.5 Å². The number of hydrogen-bond acceptors (Lipinski definition) is 6. The van der Waals surface area contributed by atoms with Crippen LogP contribution in [0.4, 0.5) is 5.82 Å². The number of primary amides is 1. The lowest BCUT2D eigenvalue weighted by Crippen LogP contribution is -2.46. The molecule has 104 valence electrons. The molecule has 0 bridgehead atoms. The lowest BCUT2D eigenvalue weighted by atomic mass is 9.96. The number of anilines is 1. The van der Waals surface area contributed by atoms with Gasteiger partial charge in [0.1, 0.15) is 0 Å². The Hall–Kier alpha value is -1.34. The molecule has 0 atom stereocenters. The molecule has 1 amide bonds. The second-order valence-electron chi connectivity index (χ2n) is 4.72. The van der Waals surface area contributed by atoms with Gasteiger partial charge in [-0.1, -0.05) is 0 Å². The van der Waals surface area contributed by atoms with Gasteiger partial charge < -0.3 is 16.4 Å². The zero-order valence-corrected chi connectivity index (χ0v) is 11.8. The summed E-state index contributed by atoms with van der Waals surface area (Å²) in [5.41, 5.74) is 11.2. The van der Waals surface area contributed by atoms with Crippen LogP contribution < -0.4 is 16.4 Å². The van der Waals surface area contributed by atoms with Crippen molar-refractivity contribution in [2.45, 2.75) is 17.6 Å². The van der Waals surface area contributed by atoms with Crippen molar-refractivity contribution in [1.82, 2.24) is 10.2 Å². The summed E-state index contributed by atoms with van der Waals surface area (Å²) in [5.74, 6) is 0.235. The van der Waals surface area contributed by atoms with Crippen LogP contribution in [0.2, 0.25) is 0 Å². The molecule has 1 fully saturated rings. The summed E-state index contributed by atoms with van der Waals surface area (Å²) in [6.45, 7) is 2.51. The van der Waals surface area contributed by atoms with Crippen LogP contribution in [0.15, 0.2) is 12.1 Å². The average molecular weight is 281 g/mol. The van der Waals surface area contributed by atoms with Gasteiger partial charge in [-0.3, -0.25) is 4.79 Å². The van der Waals surface area contributed by atoms with Crippen LogP contribution in [0.5, 0.6) is 0 Å². The van der Waals surface area contributed by atoms with Gasteiger partial charge in [-0.2, -0.15) is 11.8 Å². The topological polar surface area (TPSA) is 98.1 Å². The van der Waals surface area contributed by atoms with E-state index in [0.29, 0.717) is 6.54 Å². The number of thioether (sulfide) groups is 1. The minimum absolute atomic E-state index is 0.192. The summed E-state index contributed by atoms with van der Waals surface area (Å²) in [5, 5.41) is 7.89. The van der Waals surface area contributed by atoms with Crippen molar-refractivity contribution in [2.75, 3.05) is 30.8 Å². The van der Waals surface area contributed by atoms with Gasteiger partial charge in [0.15, 0.2) is 11.5 Å². The third-order valence-electron chi connectivity index (χ3n) is 3.71. The molecule has 0 saturated carbocycles. The summed E-state index contributed by atoms with van der Waals surface area (Å²) in [4.78, 5) is 13.1. The number of hydrogen-bond donors (Lipinski definition) is 2. The third kappa shape index (κ3) is 2.98. The SMILES string of the molecule is CSC1(CN)CCN(c2ccc(C(N)=O)nn2)CC1. The molecule has 0 aliphatic carbocycles. The number of rotatable bonds is 4. The molecule has 1 aliphatic heterocycles. The Kier molecular flexibility index (Phi) is 4.26. The molecule has 0 spiro atoms. The van der Waals surface area contributed by atoms with Crippen LogP contribution in [0.1, 0.15) is 23.3 Å². The summed E-state index contributed by atoms with van der Waals surface area (Å²) in [6, 6.07) is 3.41. The molecule has 1 aromatic heterocycles. The van der Waals surface area contributed by atoms with Crippen molar-refractivity contribution in [3.8, 4) is 0 Å². The summed E-state index contributed by atoms with van der Waals surface area (Å²) in [7, 11) is 0. The predicted octanol–water partition coefficient (Wildman–Crippen LogP) is 0.236. The largest absolute Gasteiger partial charge is 0.364 e. The average Bonchev–Trinajstić information content (AvgIpc) is 2.47. The fourth-order valence-electron chi connectivity index (χ4n) is 2.26. The Morgan fingerprint density at radius 3 is 2.53 bits per heavy atom. The minimum Gasteiger partial charge on any atom is -0.364 e. The van der Waals surface area contributed by atoms with E-state index in [1.165, 1.54) is 0 Å². The third-order valence-corrected chi connectivity index (χ3v) is 5.15. The zero-order valence-electron chi connectivity index (χ0n) is 11.0. The van der Waals surface area contributed by atoms with E-state index >= 15 is 0 Å². The molecule has 6 nitrogen and oxygen atoms in total. The zero-order chi connectivity index (χ0) is 13.9. The standard InChI is InChI=1S/C12H19N5OS/c1-19-12(8-13)4-6-17(7-5-12)10-3-2-9(11(14)18)15-16-10/h2-3H,4-8,13H2,1H3,(H2,14,18). The second kappa shape index (κ2) is 5.75. The number of aromatic nitrogens is 2. The van der Waals surface area contributed by atoms with E-state index in [-0.39, 0.29) is 10.4 Å². The Morgan fingerprint density at radius 1 is 1.42 bits per heavy atom. The van der Waals surface area contributed by atoms with Crippen molar-refractivity contribution >= 4 is 23.5 Å². The van der Waals surface area contributed by atoms with Gasteiger partial charge in [0.05, 0.1) is 0 Å². The molecule has 1 saturated heterocycles. The van der Waals surface area contributed by atoms with Gasteiger partial charge in [0.25, 0.3) is 5.91 Å². The highest BCUT2D eigenvalue weighted by Gasteiger charge is 2.32. The van der Waals surface area contributed by atoms with Crippen molar-refractivity contribution < 1.29 is 4.79 Å². The molecular formula is C12H19N5OS. The van der Waals surface area contributed by atoms with Gasteiger partial charge in [-0.05, 0) is 31.2 Å². The maximum atomic E-state index is 10.9. The Balaban J connectivity index is 2.03. The van der Waals surface area contributed by atoms with Gasteiger partial charge >= 0.3 is 0 Å². The van der Waals surface area contributed by atoms with Crippen LogP contribution in [-0.4, -0.2) is 46.7 Å². The Labute approximate surface area is 116 Å². The van der Waals surface area contributed by atoms with Crippen LogP contribution >= 0.6 is 11.8 Å². The first-order chi connectivity index (χ1) is 9.10. The summed E-state index contributed by atoms with van der Waals surface area (Å²) in [6.07, 6.45) is 4.18. The molecule has 0 radical (unpaired) electrons. The van der Waals surface area contributed by atoms with E-state index in [4.69, 9.17) is 11.5 Å². The second-order valence-corrected chi connectivity index (χ2v) is 5.99. The van der Waals surface area contributed by atoms with Crippen LogP contribution in [0, 0.1) is 0 Å². The number of nitrogens with two attached hydrogens (primary N) is 2. The minimum atomic E-state index is -0.553. The molecular weight excluding hydrogens is 262 g/mol. The maximum absolute atomic E-state index is 10.9. The normalized spacial score (nSPS) is 18.3. The molecule has 1 aromatic rings. The molecule has 2 heterocycles. The molecule has 0 unspecified atom stereocenters. The molecule has 7 heteroatoms. The van der Waals surface area contributed by atoms with E-state index in [2.05, 4.69) is 21.4 Å². The predicted molar refractivity (Wildman–Crippen MR) is 77.3 cm³/mol. The molecule has 4 N–H and O–H groups in total. The quantitative estimate of drug-likeness (QED) is 0.820. The number of amides is 1. The van der Waals surface area contributed by atoms with E-state index in [1.807, 2.05) is 11.8 Å². The summed E-state index contributed by atoms with van der Waals surface area (Å²) < 4.78 is 0.192. The number of nitrogens with zero attached hydrogens (tertiary/aromatic N) is 3. The molecule has 2 rings (SSSR count). The van der Waals surface area contributed by atoms with Gasteiger partial charge in [0.2, 0.25) is 0 Å². The van der Waals surface area contributed by atoms with E-state index in [1.54, 1.807) is 12.1 Å². The number of carbonyl (C=O) groups is 1. The van der Waals surface area contributed by atoms with Gasteiger partial charge in [0, 0.05) is 24.4 Å². The Bertz CT molecular complexity index is 436. The smallest absolute Gasteiger partial charge is 0.269 e. The van der Waals surface area contributed by atoms with E-state index in [9.17, 15) is 4.79 Å². The maximum Gasteiger partial charge on any atom is 0.269 e. The van der Waals surface area contributed by atoms with Crippen molar-refractivity contribution in [3.63, 3.8) is 0 Å². The lowest BCUT2D eigenvalue weighted by molar-refractivity contribution is 0.0994. The highest BCUT2D eigenvalue weighted by Crippen LogP contribution is 2.34. The Morgan fingerprint density at radius 2 is 2.11 bits per heavy atom. The molecule has 1 aliphatic rings. The summed E-state index contributed by atoms with van der Waals surface area (Å²) >= 11 is 1.85. The fraction of sp³-hybridized carbons (Fsp3) is 0.583. The monoisotopic (exact) mass is 281 g/mol. The van der Waals surface area contributed by atoms with Crippen LogP contribution in [0.3, 0.4) is 0 Å². The molecule has 0 aromatic carbocycles. The highest BCUT2D eigenvalue weighted by molar-refractivity contribution is 8.00. The van der Waals surface area contributed by atoms with Crippen LogP contribution in [-0.2, 0) is 0 Å². The number of carbonyl (C=O) groups excluding carboxylic acids is 1. The fourth-order valence-corrected chi connectivity index (χ4v) is 3.02. The van der Waals surface area contributed by atoms with E-state index in [0.717, 1.165) is 31.7 Å². The molecule has 19 heavy (non-hydrogen) atoms. The van der Waals surface area contributed by atoms with Crippen LogP contribution in [0.25, 0.3) is 0 Å². The van der Waals surface area contributed by atoms with Crippen molar-refractivity contribution in [1.29, 1.82) is 0 Å². The van der Waals surface area contributed by atoms with Gasteiger partial charge in [-0.15, -0.1) is 10.2 Å². The van der Waals surface area contributed by atoms with Gasteiger partial charge in [-0.25, -0.2) is 0 Å². The highest BCUT2D eigenvalue weighted by atomic mass is 32.2. The van der Waals surface area contributed by atoms with Crippen molar-refractivity contribution in [3.05, 3.63) is 17.8 Å². The first-order valence-corrected chi connectivity index (χ1v) is 7.46. The first kappa shape index (κ1) is 14.1. The lowest BCUT2D eigenvalue weighted by Gasteiger charge is -2.40. The number of piperidine rings is 1. The van der Waals surface area contributed by atoms with E-state index < -0.39 is 5.91 Å². The first-order valence-electron chi connectivity index (χ1n) is 6.24.